The fraction of sp³-hybridized carbons (Fsp3) is 0.0286. The Bertz CT molecular complexity index is 7460. The van der Waals surface area contributed by atoms with Crippen LogP contribution in [0.2, 0.25) is 0 Å². The third-order valence-corrected chi connectivity index (χ3v) is 25.5. The van der Waals surface area contributed by atoms with E-state index in [1.54, 1.807) is 11.8 Å². The molecule has 0 saturated heterocycles. The molecule has 0 N–H and O–H groups in total. The van der Waals surface area contributed by atoms with Gasteiger partial charge in [-0.2, -0.15) is 19.9 Å². The first-order chi connectivity index (χ1) is 57.7. The Morgan fingerprint density at radius 2 is 0.778 bits per heavy atom. The van der Waals surface area contributed by atoms with Crippen molar-refractivity contribution in [1.29, 1.82) is 0 Å². The predicted molar refractivity (Wildman–Crippen MR) is 482 cm³/mol. The zero-order chi connectivity index (χ0) is 77.4. The fourth-order valence-electron chi connectivity index (χ4n) is 17.5. The van der Waals surface area contributed by atoms with Gasteiger partial charge in [0, 0.05) is 90.4 Å². The minimum absolute atomic E-state index is 0.436. The van der Waals surface area contributed by atoms with Crippen LogP contribution in [0.1, 0.15) is 25.0 Å². The Kier molecular flexibility index (Phi) is 15.8. The molecular formula is C105H67N9OS2. The first-order valence-corrected chi connectivity index (χ1v) is 41.0. The Hall–Kier alpha value is -14.7. The lowest BCUT2D eigenvalue weighted by Gasteiger charge is -2.43. The summed E-state index contributed by atoms with van der Waals surface area (Å²) in [5, 5.41) is 6.83. The fourth-order valence-corrected chi connectivity index (χ4v) is 19.7. The van der Waals surface area contributed by atoms with E-state index in [1.165, 1.54) is 25.7 Å². The van der Waals surface area contributed by atoms with Crippen molar-refractivity contribution in [2.75, 3.05) is 9.80 Å². The van der Waals surface area contributed by atoms with E-state index in [0.29, 0.717) is 35.2 Å². The molecule has 0 spiro atoms. The van der Waals surface area contributed by atoms with Crippen molar-refractivity contribution in [1.82, 2.24) is 34.5 Å². The first-order valence-electron chi connectivity index (χ1n) is 39.4. The molecule has 0 atom stereocenters. The molecule has 12 heteroatoms. The standard InChI is InChI=1S/C105H67N9OS2/c1-105(2)85-41-19-21-43-88(85)114(104-110-101(69-32-14-6-15-33-69)107-102(111-104)70-34-16-7-17-35-70)91-63-97-92(62-86(91)105)112(89-44-22-23-45-94(89)116-97)77-56-75(64-26-8-3-9-27-64)55-76(57-77)72-37-24-36-71(54-72)73-51-53-93-83(58-73)81-40-25-39-78(98(81)115-93)66-48-46-65(47-49-66)74-50-52-80-84-60-90-82(61-96(84)117-95(80)59-74)79-38-18-20-42-87(79)113(90)103-108-99(67-28-10-4-11-29-67)106-100(109-103)68-30-12-5-13-31-68/h3-63H,1-2H3. The highest BCUT2D eigenvalue weighted by Gasteiger charge is 2.41. The minimum atomic E-state index is -0.436. The third kappa shape index (κ3) is 11.5. The van der Waals surface area contributed by atoms with Gasteiger partial charge in [0.2, 0.25) is 11.9 Å². The summed E-state index contributed by atoms with van der Waals surface area (Å²) in [6.07, 6.45) is 0. The predicted octanol–water partition coefficient (Wildman–Crippen LogP) is 28.5. The second-order valence-corrected chi connectivity index (χ2v) is 32.7. The number of hydrogen-bond acceptors (Lipinski definition) is 11. The van der Waals surface area contributed by atoms with Crippen molar-refractivity contribution in [3.63, 3.8) is 0 Å². The molecule has 0 saturated carbocycles. The molecule has 117 heavy (non-hydrogen) atoms. The summed E-state index contributed by atoms with van der Waals surface area (Å²) in [6, 6.07) is 132. The SMILES string of the molecule is CC1(C)c2ccccc2N(c2nc(-c3ccccc3)nc(-c3ccccc3)n2)c2cc3c(cc21)N(c1cc(-c2ccccc2)cc(-c2cccc(-c4ccc5oc6c(-c7ccc(-c8ccc9c(c8)sc8cc%10c%11ccccc%11n(-c%11nc(-c%12ccccc%12)nc(-c%12ccccc%12)n%11)c%10cc89)cc7)cccc6c5c4)c2)c1)c1ccccc1S3. The molecule has 0 fully saturated rings. The van der Waals surface area contributed by atoms with Gasteiger partial charge in [-0.05, 0) is 152 Å². The number of fused-ring (bicyclic) bond motifs is 13. The molecule has 5 aromatic heterocycles. The lowest BCUT2D eigenvalue weighted by molar-refractivity contribution is 0.630. The summed E-state index contributed by atoms with van der Waals surface area (Å²) in [6.45, 7) is 4.70. The van der Waals surface area contributed by atoms with Gasteiger partial charge in [0.15, 0.2) is 23.3 Å². The van der Waals surface area contributed by atoms with Crippen LogP contribution < -0.4 is 9.80 Å². The average Bonchev–Trinajstić information content (AvgIpc) is 1.27. The van der Waals surface area contributed by atoms with E-state index in [0.717, 1.165) is 165 Å². The topological polar surface area (TPSA) is 102 Å². The van der Waals surface area contributed by atoms with Crippen molar-refractivity contribution in [3.05, 3.63) is 381 Å². The number of anilines is 6. The second kappa shape index (κ2) is 27.3. The van der Waals surface area contributed by atoms with Gasteiger partial charge in [-0.25, -0.2) is 9.97 Å². The number of benzene rings is 16. The van der Waals surface area contributed by atoms with Gasteiger partial charge < -0.3 is 9.32 Å². The van der Waals surface area contributed by atoms with Crippen LogP contribution >= 0.6 is 23.1 Å². The molecule has 0 bridgehead atoms. The van der Waals surface area contributed by atoms with Gasteiger partial charge in [-0.1, -0.05) is 305 Å². The number of aromatic nitrogens is 7. The lowest BCUT2D eigenvalue weighted by Crippen LogP contribution is -2.32. The summed E-state index contributed by atoms with van der Waals surface area (Å²) in [4.78, 5) is 38.3. The van der Waals surface area contributed by atoms with Crippen LogP contribution in [0.4, 0.5) is 34.4 Å². The van der Waals surface area contributed by atoms with E-state index in [2.05, 4.69) is 325 Å². The normalized spacial score (nSPS) is 12.9. The maximum absolute atomic E-state index is 6.91. The Morgan fingerprint density at radius 1 is 0.274 bits per heavy atom. The van der Waals surface area contributed by atoms with E-state index in [-0.39, 0.29) is 0 Å². The van der Waals surface area contributed by atoms with Crippen LogP contribution in [0.3, 0.4) is 0 Å². The van der Waals surface area contributed by atoms with Crippen molar-refractivity contribution in [3.8, 4) is 107 Å². The van der Waals surface area contributed by atoms with Crippen molar-refractivity contribution in [2.45, 2.75) is 29.1 Å². The molecule has 21 aromatic rings. The molecule has 7 heterocycles. The van der Waals surface area contributed by atoms with Gasteiger partial charge in [0.1, 0.15) is 11.2 Å². The highest BCUT2D eigenvalue weighted by Crippen LogP contribution is 2.59. The van der Waals surface area contributed by atoms with E-state index in [4.69, 9.17) is 34.3 Å². The molecule has 16 aromatic carbocycles. The molecule has 2 aliphatic rings. The molecule has 0 amide bonds. The van der Waals surface area contributed by atoms with Crippen molar-refractivity contribution >= 4 is 121 Å². The monoisotopic (exact) mass is 1530 g/mol. The van der Waals surface area contributed by atoms with Gasteiger partial charge in [0.25, 0.3) is 0 Å². The summed E-state index contributed by atoms with van der Waals surface area (Å²) >= 11 is 3.64. The minimum Gasteiger partial charge on any atom is -0.455 e. The number of rotatable bonds is 12. The average molecular weight is 1530 g/mol. The van der Waals surface area contributed by atoms with E-state index in [1.807, 2.05) is 84.1 Å². The van der Waals surface area contributed by atoms with Crippen LogP contribution in [0.5, 0.6) is 0 Å². The van der Waals surface area contributed by atoms with E-state index in [9.17, 15) is 0 Å². The summed E-state index contributed by atoms with van der Waals surface area (Å²) in [7, 11) is 0. The second-order valence-electron chi connectivity index (χ2n) is 30.6. The van der Waals surface area contributed by atoms with Gasteiger partial charge in [0.05, 0.1) is 33.8 Å². The Labute approximate surface area is 682 Å². The van der Waals surface area contributed by atoms with Crippen molar-refractivity contribution in [2.24, 2.45) is 0 Å². The molecule has 0 unspecified atom stereocenters. The first kappa shape index (κ1) is 68.0. The lowest BCUT2D eigenvalue weighted by atomic mass is 9.73. The largest absolute Gasteiger partial charge is 0.455 e. The van der Waals surface area contributed by atoms with Gasteiger partial charge in [-0.15, -0.1) is 11.3 Å². The molecule has 550 valence electrons. The summed E-state index contributed by atoms with van der Waals surface area (Å²) < 4.78 is 11.6. The zero-order valence-electron chi connectivity index (χ0n) is 63.5. The smallest absolute Gasteiger partial charge is 0.238 e. The van der Waals surface area contributed by atoms with Gasteiger partial charge in [-0.3, -0.25) is 9.47 Å². The van der Waals surface area contributed by atoms with Crippen LogP contribution in [0.25, 0.3) is 171 Å². The number of furan rings is 1. The highest BCUT2D eigenvalue weighted by atomic mass is 32.2. The number of hydrogen-bond donors (Lipinski definition) is 0. The summed E-state index contributed by atoms with van der Waals surface area (Å²) in [5.41, 5.74) is 25.8. The zero-order valence-corrected chi connectivity index (χ0v) is 65.1. The van der Waals surface area contributed by atoms with Crippen molar-refractivity contribution < 1.29 is 4.42 Å². The van der Waals surface area contributed by atoms with Crippen LogP contribution in [0, 0.1) is 0 Å². The Balaban J connectivity index is 0.578. The molecular weight excluding hydrogens is 1470 g/mol. The number of nitrogens with zero attached hydrogens (tertiary/aromatic N) is 9. The highest BCUT2D eigenvalue weighted by molar-refractivity contribution is 7.99. The van der Waals surface area contributed by atoms with E-state index >= 15 is 0 Å². The maximum Gasteiger partial charge on any atom is 0.238 e. The van der Waals surface area contributed by atoms with Gasteiger partial charge >= 0.3 is 0 Å². The summed E-state index contributed by atoms with van der Waals surface area (Å²) in [5.74, 6) is 3.59. The molecule has 23 rings (SSSR count). The van der Waals surface area contributed by atoms with Crippen LogP contribution in [-0.2, 0) is 5.41 Å². The number of para-hydroxylation sites is 4. The third-order valence-electron chi connectivity index (χ3n) is 23.3. The number of thiophene rings is 1. The molecule has 0 radical (unpaired) electrons. The molecule has 0 aliphatic carbocycles. The quantitative estimate of drug-likeness (QED) is 0.118. The molecule has 2 aliphatic heterocycles. The maximum atomic E-state index is 6.91. The van der Waals surface area contributed by atoms with Crippen LogP contribution in [-0.4, -0.2) is 34.5 Å². The Morgan fingerprint density at radius 3 is 1.46 bits per heavy atom. The molecule has 10 nitrogen and oxygen atoms in total. The van der Waals surface area contributed by atoms with E-state index < -0.39 is 5.41 Å². The van der Waals surface area contributed by atoms with Crippen LogP contribution in [0.15, 0.2) is 384 Å².